The van der Waals surface area contributed by atoms with E-state index in [1.807, 2.05) is 60.8 Å². The highest BCUT2D eigenvalue weighted by Gasteiger charge is 2.16. The zero-order valence-electron chi connectivity index (χ0n) is 13.7. The molecule has 2 aromatic carbocycles. The first-order valence-electron chi connectivity index (χ1n) is 8.22. The molecule has 0 saturated carbocycles. The minimum absolute atomic E-state index is 0.0874. The maximum Gasteiger partial charge on any atom is 0.251 e. The highest BCUT2D eigenvalue weighted by molar-refractivity contribution is 5.97. The van der Waals surface area contributed by atoms with Gasteiger partial charge in [-0.15, -0.1) is 0 Å². The molecule has 3 N–H and O–H groups in total. The van der Waals surface area contributed by atoms with Gasteiger partial charge in [0.05, 0.1) is 6.10 Å². The Morgan fingerprint density at radius 1 is 1.17 bits per heavy atom. The van der Waals surface area contributed by atoms with Crippen molar-refractivity contribution in [1.82, 2.24) is 10.3 Å². The zero-order valence-corrected chi connectivity index (χ0v) is 13.7. The lowest BCUT2D eigenvalue weighted by atomic mass is 9.93. The summed E-state index contributed by atoms with van der Waals surface area (Å²) in [5.74, 6) is -0.0117. The number of H-pyrrole nitrogens is 1. The monoisotopic (exact) mass is 322 g/mol. The first-order valence-corrected chi connectivity index (χ1v) is 8.22. The minimum atomic E-state index is -0.414. The van der Waals surface area contributed by atoms with Gasteiger partial charge in [0, 0.05) is 29.7 Å². The van der Waals surface area contributed by atoms with Crippen LogP contribution in [0, 0.1) is 0 Å². The lowest BCUT2D eigenvalue weighted by Gasteiger charge is -2.19. The number of fused-ring (bicyclic) bond motifs is 1. The number of aromatic amines is 1. The van der Waals surface area contributed by atoms with Gasteiger partial charge in [-0.2, -0.15) is 0 Å². The van der Waals surface area contributed by atoms with Crippen molar-refractivity contribution in [3.63, 3.8) is 0 Å². The number of rotatable bonds is 6. The van der Waals surface area contributed by atoms with Gasteiger partial charge in [0.15, 0.2) is 0 Å². The number of aliphatic hydroxyl groups excluding tert-OH is 1. The molecule has 1 heterocycles. The van der Waals surface area contributed by atoms with Crippen LogP contribution in [0.4, 0.5) is 0 Å². The molecule has 4 heteroatoms. The average Bonchev–Trinajstić information content (AvgIpc) is 3.06. The summed E-state index contributed by atoms with van der Waals surface area (Å²) >= 11 is 0. The Labute approximate surface area is 141 Å². The second kappa shape index (κ2) is 7.32. The van der Waals surface area contributed by atoms with Gasteiger partial charge in [0.2, 0.25) is 0 Å². The van der Waals surface area contributed by atoms with Crippen molar-refractivity contribution in [2.45, 2.75) is 25.4 Å². The van der Waals surface area contributed by atoms with E-state index >= 15 is 0 Å². The van der Waals surface area contributed by atoms with Gasteiger partial charge >= 0.3 is 0 Å². The minimum Gasteiger partial charge on any atom is -0.393 e. The predicted octanol–water partition coefficient (Wildman–Crippen LogP) is 3.45. The van der Waals surface area contributed by atoms with Gasteiger partial charge in [-0.3, -0.25) is 4.79 Å². The highest BCUT2D eigenvalue weighted by atomic mass is 16.3. The van der Waals surface area contributed by atoms with Crippen molar-refractivity contribution in [2.75, 3.05) is 6.54 Å². The fourth-order valence-electron chi connectivity index (χ4n) is 2.98. The Kier molecular flexibility index (Phi) is 4.96. The van der Waals surface area contributed by atoms with Crippen LogP contribution in [-0.2, 0) is 0 Å². The van der Waals surface area contributed by atoms with Crippen molar-refractivity contribution in [3.8, 4) is 0 Å². The van der Waals surface area contributed by atoms with Crippen molar-refractivity contribution < 1.29 is 9.90 Å². The molecule has 0 aliphatic rings. The van der Waals surface area contributed by atoms with E-state index in [1.165, 1.54) is 0 Å². The molecule has 124 valence electrons. The Hall–Kier alpha value is -2.59. The average molecular weight is 322 g/mol. The number of aromatic nitrogens is 1. The van der Waals surface area contributed by atoms with E-state index in [9.17, 15) is 9.90 Å². The van der Waals surface area contributed by atoms with Crippen molar-refractivity contribution >= 4 is 16.8 Å². The van der Waals surface area contributed by atoms with E-state index in [1.54, 1.807) is 6.92 Å². The summed E-state index contributed by atoms with van der Waals surface area (Å²) in [6.07, 6.45) is 2.06. The summed E-state index contributed by atoms with van der Waals surface area (Å²) in [7, 11) is 0. The normalized spacial score (nSPS) is 13.6. The maximum absolute atomic E-state index is 12.4. The fraction of sp³-hybridized carbons (Fsp3) is 0.250. The van der Waals surface area contributed by atoms with Crippen LogP contribution >= 0.6 is 0 Å². The molecule has 2 unspecified atom stereocenters. The van der Waals surface area contributed by atoms with Gasteiger partial charge in [-0.25, -0.2) is 0 Å². The number of amides is 1. The summed E-state index contributed by atoms with van der Waals surface area (Å²) in [5, 5.41) is 13.8. The number of hydrogen-bond acceptors (Lipinski definition) is 2. The van der Waals surface area contributed by atoms with Crippen LogP contribution < -0.4 is 5.32 Å². The molecule has 1 amide bonds. The summed E-state index contributed by atoms with van der Waals surface area (Å²) < 4.78 is 0. The molecular weight excluding hydrogens is 300 g/mol. The summed E-state index contributed by atoms with van der Waals surface area (Å²) in [5.41, 5.74) is 2.71. The van der Waals surface area contributed by atoms with E-state index in [4.69, 9.17) is 0 Å². The van der Waals surface area contributed by atoms with Crippen LogP contribution in [0.1, 0.15) is 35.2 Å². The number of benzene rings is 2. The van der Waals surface area contributed by atoms with Crippen molar-refractivity contribution in [2.24, 2.45) is 0 Å². The highest BCUT2D eigenvalue weighted by Crippen LogP contribution is 2.21. The summed E-state index contributed by atoms with van der Waals surface area (Å²) in [6, 6.07) is 17.6. The SMILES string of the molecule is CC(O)CC(CNC(=O)c1ccc2cc[nH]c2c1)c1ccccc1. The Morgan fingerprint density at radius 3 is 2.71 bits per heavy atom. The van der Waals surface area contributed by atoms with E-state index < -0.39 is 6.10 Å². The first-order chi connectivity index (χ1) is 11.6. The number of hydrogen-bond donors (Lipinski definition) is 3. The second-order valence-corrected chi connectivity index (χ2v) is 6.18. The molecular formula is C20H22N2O2. The largest absolute Gasteiger partial charge is 0.393 e. The van der Waals surface area contributed by atoms with Gasteiger partial charge in [-0.05, 0) is 42.5 Å². The standard InChI is InChI=1S/C20H22N2O2/c1-14(23)11-18(15-5-3-2-4-6-15)13-22-20(24)17-8-7-16-9-10-21-19(16)12-17/h2-10,12,14,18,21,23H,11,13H2,1H3,(H,22,24). The number of aliphatic hydroxyl groups is 1. The zero-order chi connectivity index (χ0) is 16.9. The lowest BCUT2D eigenvalue weighted by molar-refractivity contribution is 0.0945. The molecule has 0 radical (unpaired) electrons. The van der Waals surface area contributed by atoms with Gasteiger partial charge in [-0.1, -0.05) is 36.4 Å². The summed E-state index contributed by atoms with van der Waals surface area (Å²) in [4.78, 5) is 15.6. The van der Waals surface area contributed by atoms with Gasteiger partial charge < -0.3 is 15.4 Å². The quantitative estimate of drug-likeness (QED) is 0.651. The lowest BCUT2D eigenvalue weighted by Crippen LogP contribution is -2.29. The van der Waals surface area contributed by atoms with Crippen molar-refractivity contribution in [1.29, 1.82) is 0 Å². The fourth-order valence-corrected chi connectivity index (χ4v) is 2.98. The number of carbonyl (C=O) groups is 1. The van der Waals surface area contributed by atoms with Crippen LogP contribution in [0.5, 0.6) is 0 Å². The Balaban J connectivity index is 1.70. The van der Waals surface area contributed by atoms with Crippen LogP contribution in [0.2, 0.25) is 0 Å². The van der Waals surface area contributed by atoms with Crippen LogP contribution in [0.25, 0.3) is 10.9 Å². The molecule has 24 heavy (non-hydrogen) atoms. The molecule has 3 rings (SSSR count). The van der Waals surface area contributed by atoms with E-state index in [0.717, 1.165) is 16.5 Å². The summed E-state index contributed by atoms with van der Waals surface area (Å²) in [6.45, 7) is 2.27. The number of nitrogens with one attached hydrogen (secondary N) is 2. The molecule has 0 aliphatic heterocycles. The topological polar surface area (TPSA) is 65.1 Å². The molecule has 0 spiro atoms. The maximum atomic E-state index is 12.4. The van der Waals surface area contributed by atoms with Gasteiger partial charge in [0.25, 0.3) is 5.91 Å². The molecule has 0 saturated heterocycles. The number of carbonyl (C=O) groups excluding carboxylic acids is 1. The molecule has 1 aromatic heterocycles. The smallest absolute Gasteiger partial charge is 0.251 e. The van der Waals surface area contributed by atoms with Crippen LogP contribution in [-0.4, -0.2) is 28.6 Å². The van der Waals surface area contributed by atoms with E-state index in [0.29, 0.717) is 18.5 Å². The first kappa shape index (κ1) is 16.3. The van der Waals surface area contributed by atoms with E-state index in [2.05, 4.69) is 10.3 Å². The van der Waals surface area contributed by atoms with Crippen molar-refractivity contribution in [3.05, 3.63) is 71.9 Å². The molecule has 0 fully saturated rings. The molecule has 3 aromatic rings. The third kappa shape index (κ3) is 3.84. The van der Waals surface area contributed by atoms with E-state index in [-0.39, 0.29) is 11.8 Å². The second-order valence-electron chi connectivity index (χ2n) is 6.18. The molecule has 2 atom stereocenters. The Bertz CT molecular complexity index is 809. The molecule has 0 aliphatic carbocycles. The van der Waals surface area contributed by atoms with Crippen LogP contribution in [0.3, 0.4) is 0 Å². The predicted molar refractivity (Wildman–Crippen MR) is 96.1 cm³/mol. The van der Waals surface area contributed by atoms with Crippen LogP contribution in [0.15, 0.2) is 60.8 Å². The third-order valence-electron chi connectivity index (χ3n) is 4.22. The Morgan fingerprint density at radius 2 is 1.96 bits per heavy atom. The van der Waals surface area contributed by atoms with Gasteiger partial charge in [0.1, 0.15) is 0 Å². The molecule has 4 nitrogen and oxygen atoms in total. The molecule has 0 bridgehead atoms. The third-order valence-corrected chi connectivity index (χ3v) is 4.22.